The van der Waals surface area contributed by atoms with Gasteiger partial charge in [0.15, 0.2) is 0 Å². The van der Waals surface area contributed by atoms with Crippen LogP contribution in [0.5, 0.6) is 0 Å². The second-order valence-electron chi connectivity index (χ2n) is 16.7. The quantitative estimate of drug-likeness (QED) is 0.159. The van der Waals surface area contributed by atoms with Crippen LogP contribution in [0.2, 0.25) is 0 Å². The first kappa shape index (κ1) is 33.4. The van der Waals surface area contributed by atoms with E-state index in [0.29, 0.717) is 0 Å². The van der Waals surface area contributed by atoms with E-state index in [1.165, 1.54) is 115 Å². The highest BCUT2D eigenvalue weighted by Crippen LogP contribution is 2.59. The molecular formula is C57H43N. The topological polar surface area (TPSA) is 3.24 Å². The summed E-state index contributed by atoms with van der Waals surface area (Å²) in [7, 11) is 0. The third-order valence-corrected chi connectivity index (χ3v) is 13.9. The molecule has 0 aromatic heterocycles. The number of nitrogens with zero attached hydrogens (tertiary/aromatic N) is 1. The first-order chi connectivity index (χ1) is 28.7. The van der Waals surface area contributed by atoms with Gasteiger partial charge in [0.25, 0.3) is 0 Å². The van der Waals surface area contributed by atoms with E-state index in [9.17, 15) is 0 Å². The minimum atomic E-state index is -0.485. The monoisotopic (exact) mass is 741 g/mol. The van der Waals surface area contributed by atoms with E-state index in [1.807, 2.05) is 0 Å². The maximum Gasteiger partial charge on any atom is 0.0714 e. The molecule has 9 aromatic carbocycles. The molecule has 9 aromatic rings. The SMILES string of the molecule is c1ccc(C2(c3ccccc3)c3ccccc3-c3ccc(N(c4ccc5c(c4)C4(CCCCC4)c4ccccc4-5)c4ccc5ccc6ccccc6c5c4)cc32)cc1. The molecule has 1 nitrogen and oxygen atoms in total. The van der Waals surface area contributed by atoms with Gasteiger partial charge in [-0.25, -0.2) is 0 Å². The summed E-state index contributed by atoms with van der Waals surface area (Å²) in [4.78, 5) is 2.55. The van der Waals surface area contributed by atoms with Gasteiger partial charge in [0, 0.05) is 22.5 Å². The van der Waals surface area contributed by atoms with Gasteiger partial charge in [-0.2, -0.15) is 0 Å². The lowest BCUT2D eigenvalue weighted by Crippen LogP contribution is -2.29. The Morgan fingerprint density at radius 3 is 1.52 bits per heavy atom. The molecule has 3 aliphatic carbocycles. The Bertz CT molecular complexity index is 3000. The van der Waals surface area contributed by atoms with Gasteiger partial charge in [-0.15, -0.1) is 0 Å². The van der Waals surface area contributed by atoms with Crippen LogP contribution in [0, 0.1) is 0 Å². The number of rotatable bonds is 5. The molecule has 0 bridgehead atoms. The van der Waals surface area contributed by atoms with Crippen LogP contribution < -0.4 is 4.90 Å². The normalized spacial score (nSPS) is 15.5. The lowest BCUT2D eigenvalue weighted by molar-refractivity contribution is 0.353. The van der Waals surface area contributed by atoms with E-state index in [4.69, 9.17) is 0 Å². The Hall–Kier alpha value is -6.70. The fraction of sp³-hybridized carbons (Fsp3) is 0.123. The zero-order valence-electron chi connectivity index (χ0n) is 32.5. The molecule has 0 amide bonds. The summed E-state index contributed by atoms with van der Waals surface area (Å²) in [6.45, 7) is 0. The van der Waals surface area contributed by atoms with E-state index in [2.05, 4.69) is 205 Å². The summed E-state index contributed by atoms with van der Waals surface area (Å²) in [5, 5.41) is 5.07. The van der Waals surface area contributed by atoms with Crippen LogP contribution in [0.25, 0.3) is 43.8 Å². The zero-order chi connectivity index (χ0) is 38.3. The van der Waals surface area contributed by atoms with E-state index >= 15 is 0 Å². The Morgan fingerprint density at radius 2 is 0.810 bits per heavy atom. The predicted molar refractivity (Wildman–Crippen MR) is 243 cm³/mol. The van der Waals surface area contributed by atoms with E-state index in [1.54, 1.807) is 0 Å². The van der Waals surface area contributed by atoms with Gasteiger partial charge < -0.3 is 4.90 Å². The number of benzene rings is 9. The fourth-order valence-corrected chi connectivity index (χ4v) is 11.4. The third-order valence-electron chi connectivity index (χ3n) is 13.9. The van der Waals surface area contributed by atoms with Crippen molar-refractivity contribution in [3.63, 3.8) is 0 Å². The number of anilines is 3. The first-order valence-electron chi connectivity index (χ1n) is 21.1. The second-order valence-corrected chi connectivity index (χ2v) is 16.7. The molecule has 0 saturated heterocycles. The van der Waals surface area contributed by atoms with E-state index < -0.39 is 5.41 Å². The minimum Gasteiger partial charge on any atom is -0.310 e. The summed E-state index contributed by atoms with van der Waals surface area (Å²) in [5.74, 6) is 0. The maximum absolute atomic E-state index is 2.57. The lowest BCUT2D eigenvalue weighted by Gasteiger charge is -2.37. The standard InChI is InChI=1S/C57H43N/c1-4-17-41(18-5-1)57(42-19-6-2-7-20-42)53-25-13-11-23-48(53)50-33-31-45(38-55(50)57)58(43-29-28-40-27-26-39-16-8-9-21-46(39)51(40)36-43)44-30-32-49-47-22-10-12-24-52(47)56(54(49)37-44)34-14-3-15-35-56/h1-2,4-13,16-33,36-38H,3,14-15,34-35H2. The Morgan fingerprint density at radius 1 is 0.328 bits per heavy atom. The highest BCUT2D eigenvalue weighted by molar-refractivity contribution is 6.09. The molecule has 3 aliphatic rings. The van der Waals surface area contributed by atoms with Crippen molar-refractivity contribution in [1.29, 1.82) is 0 Å². The van der Waals surface area contributed by atoms with Crippen molar-refractivity contribution in [2.24, 2.45) is 0 Å². The molecule has 0 heterocycles. The molecule has 276 valence electrons. The largest absolute Gasteiger partial charge is 0.310 e. The minimum absolute atomic E-state index is 0.0563. The van der Waals surface area contributed by atoms with Gasteiger partial charge in [0.2, 0.25) is 0 Å². The second kappa shape index (κ2) is 12.9. The van der Waals surface area contributed by atoms with Crippen molar-refractivity contribution in [3.05, 3.63) is 234 Å². The highest BCUT2D eigenvalue weighted by Gasteiger charge is 2.47. The van der Waals surface area contributed by atoms with Crippen LogP contribution >= 0.6 is 0 Å². The first-order valence-corrected chi connectivity index (χ1v) is 21.1. The van der Waals surface area contributed by atoms with Crippen LogP contribution in [0.4, 0.5) is 17.1 Å². The molecule has 0 unspecified atom stereocenters. The maximum atomic E-state index is 2.57. The van der Waals surface area contributed by atoms with Crippen molar-refractivity contribution in [3.8, 4) is 22.3 Å². The Labute approximate surface area is 340 Å². The fourth-order valence-electron chi connectivity index (χ4n) is 11.4. The molecule has 0 aliphatic heterocycles. The predicted octanol–water partition coefficient (Wildman–Crippen LogP) is 15.1. The number of fused-ring (bicyclic) bond motifs is 11. The number of hydrogen-bond donors (Lipinski definition) is 0. The lowest BCUT2D eigenvalue weighted by atomic mass is 9.67. The zero-order valence-corrected chi connectivity index (χ0v) is 32.5. The van der Waals surface area contributed by atoms with Crippen LogP contribution in [0.3, 0.4) is 0 Å². The molecule has 0 radical (unpaired) electrons. The third kappa shape index (κ3) is 4.71. The molecule has 1 fully saturated rings. The summed E-state index contributed by atoms with van der Waals surface area (Å²) in [6.07, 6.45) is 6.27. The van der Waals surface area contributed by atoms with Crippen LogP contribution in [0.15, 0.2) is 200 Å². The Kier molecular flexibility index (Phi) is 7.45. The van der Waals surface area contributed by atoms with Gasteiger partial charge in [0.1, 0.15) is 0 Å². The Balaban J connectivity index is 1.14. The molecule has 12 rings (SSSR count). The average molecular weight is 742 g/mol. The van der Waals surface area contributed by atoms with Crippen LogP contribution in [0.1, 0.15) is 65.5 Å². The molecule has 0 N–H and O–H groups in total. The van der Waals surface area contributed by atoms with Crippen LogP contribution in [-0.2, 0) is 10.8 Å². The van der Waals surface area contributed by atoms with E-state index in [-0.39, 0.29) is 5.41 Å². The van der Waals surface area contributed by atoms with Crippen molar-refractivity contribution < 1.29 is 0 Å². The summed E-state index contributed by atoms with van der Waals surface area (Å²) >= 11 is 0. The smallest absolute Gasteiger partial charge is 0.0714 e. The number of hydrogen-bond acceptors (Lipinski definition) is 1. The van der Waals surface area contributed by atoms with Gasteiger partial charge in [-0.05, 0) is 126 Å². The van der Waals surface area contributed by atoms with Gasteiger partial charge in [-0.3, -0.25) is 0 Å². The van der Waals surface area contributed by atoms with Crippen molar-refractivity contribution in [2.45, 2.75) is 42.9 Å². The van der Waals surface area contributed by atoms with Gasteiger partial charge >= 0.3 is 0 Å². The average Bonchev–Trinajstić information content (AvgIpc) is 3.74. The molecule has 1 spiro atoms. The molecule has 1 saturated carbocycles. The van der Waals surface area contributed by atoms with Crippen molar-refractivity contribution in [1.82, 2.24) is 0 Å². The van der Waals surface area contributed by atoms with Crippen LogP contribution in [-0.4, -0.2) is 0 Å². The molecule has 58 heavy (non-hydrogen) atoms. The summed E-state index contributed by atoms with van der Waals surface area (Å²) in [6, 6.07) is 75.7. The summed E-state index contributed by atoms with van der Waals surface area (Å²) < 4.78 is 0. The van der Waals surface area contributed by atoms with Crippen molar-refractivity contribution in [2.75, 3.05) is 4.90 Å². The van der Waals surface area contributed by atoms with Gasteiger partial charge in [-0.1, -0.05) is 183 Å². The molecule has 1 heteroatoms. The molecular weight excluding hydrogens is 699 g/mol. The van der Waals surface area contributed by atoms with Gasteiger partial charge in [0.05, 0.1) is 5.41 Å². The summed E-state index contributed by atoms with van der Waals surface area (Å²) in [5.41, 5.74) is 16.8. The molecule has 0 atom stereocenters. The van der Waals surface area contributed by atoms with E-state index in [0.717, 1.165) is 11.4 Å². The van der Waals surface area contributed by atoms with Crippen molar-refractivity contribution >= 4 is 38.6 Å². The highest BCUT2D eigenvalue weighted by atomic mass is 15.1.